The van der Waals surface area contributed by atoms with Gasteiger partial charge in [0.1, 0.15) is 6.04 Å². The Morgan fingerprint density at radius 1 is 1.50 bits per heavy atom. The first kappa shape index (κ1) is 10.8. The standard InChI is InChI=1S/C9H15NO4/c1-6(2)14-9(13)10-5-3-4-7(10)8(11)12/h6-7H,3-5H2,1-2H3,(H,11,12)/t7-/m0/s1. The van der Waals surface area contributed by atoms with Crippen LogP contribution in [0.5, 0.6) is 0 Å². The number of carboxylic acids is 1. The van der Waals surface area contributed by atoms with Gasteiger partial charge in [-0.25, -0.2) is 9.59 Å². The molecule has 14 heavy (non-hydrogen) atoms. The molecule has 1 rings (SSSR count). The van der Waals surface area contributed by atoms with E-state index in [4.69, 9.17) is 9.84 Å². The smallest absolute Gasteiger partial charge is 0.410 e. The van der Waals surface area contributed by atoms with Gasteiger partial charge >= 0.3 is 12.1 Å². The molecule has 0 unspecified atom stereocenters. The molecule has 1 heterocycles. The fourth-order valence-corrected chi connectivity index (χ4v) is 1.51. The van der Waals surface area contributed by atoms with Gasteiger partial charge in [0.15, 0.2) is 0 Å². The van der Waals surface area contributed by atoms with Crippen LogP contribution in [0, 0.1) is 0 Å². The second-order valence-electron chi connectivity index (χ2n) is 3.62. The van der Waals surface area contributed by atoms with Gasteiger partial charge in [0.25, 0.3) is 0 Å². The number of carboxylic acid groups (broad SMARTS) is 1. The Kier molecular flexibility index (Phi) is 3.33. The predicted molar refractivity (Wildman–Crippen MR) is 49.0 cm³/mol. The number of carbonyl (C=O) groups is 2. The van der Waals surface area contributed by atoms with Gasteiger partial charge in [-0.05, 0) is 26.7 Å². The zero-order chi connectivity index (χ0) is 10.7. The number of rotatable bonds is 2. The van der Waals surface area contributed by atoms with Crippen LogP contribution in [0.2, 0.25) is 0 Å². The summed E-state index contributed by atoms with van der Waals surface area (Å²) in [6.07, 6.45) is 0.509. The van der Waals surface area contributed by atoms with Crippen LogP contribution in [0.1, 0.15) is 26.7 Å². The van der Waals surface area contributed by atoms with E-state index in [0.29, 0.717) is 13.0 Å². The zero-order valence-corrected chi connectivity index (χ0v) is 8.40. The molecule has 1 aliphatic rings. The monoisotopic (exact) mass is 201 g/mol. The van der Waals surface area contributed by atoms with Crippen LogP contribution in [0.3, 0.4) is 0 Å². The molecular formula is C9H15NO4. The van der Waals surface area contributed by atoms with Gasteiger partial charge in [0.2, 0.25) is 0 Å². The minimum Gasteiger partial charge on any atom is -0.480 e. The maximum atomic E-state index is 11.4. The molecular weight excluding hydrogens is 186 g/mol. The lowest BCUT2D eigenvalue weighted by Crippen LogP contribution is -2.41. The fraction of sp³-hybridized carbons (Fsp3) is 0.778. The molecule has 1 amide bonds. The summed E-state index contributed by atoms with van der Waals surface area (Å²) < 4.78 is 4.94. The average molecular weight is 201 g/mol. The first-order chi connectivity index (χ1) is 6.52. The molecule has 1 saturated heterocycles. The Hall–Kier alpha value is -1.26. The number of likely N-dealkylation sites (tertiary alicyclic amines) is 1. The Morgan fingerprint density at radius 2 is 2.14 bits per heavy atom. The molecule has 0 aliphatic carbocycles. The summed E-state index contributed by atoms with van der Waals surface area (Å²) in [7, 11) is 0. The number of ether oxygens (including phenoxy) is 1. The lowest BCUT2D eigenvalue weighted by molar-refractivity contribution is -0.141. The molecule has 1 aliphatic heterocycles. The minimum absolute atomic E-state index is 0.211. The number of carbonyl (C=O) groups excluding carboxylic acids is 1. The highest BCUT2D eigenvalue weighted by Crippen LogP contribution is 2.18. The fourth-order valence-electron chi connectivity index (χ4n) is 1.51. The molecule has 80 valence electrons. The zero-order valence-electron chi connectivity index (χ0n) is 8.40. The van der Waals surface area contributed by atoms with E-state index >= 15 is 0 Å². The summed E-state index contributed by atoms with van der Waals surface area (Å²) in [6, 6.07) is -0.707. The first-order valence-corrected chi connectivity index (χ1v) is 4.72. The molecule has 1 atom stereocenters. The Bertz CT molecular complexity index is 239. The van der Waals surface area contributed by atoms with E-state index in [1.165, 1.54) is 4.90 Å². The summed E-state index contributed by atoms with van der Waals surface area (Å²) in [5.41, 5.74) is 0. The Morgan fingerprint density at radius 3 is 2.64 bits per heavy atom. The number of amides is 1. The van der Waals surface area contributed by atoms with Crippen molar-refractivity contribution in [3.05, 3.63) is 0 Å². The topological polar surface area (TPSA) is 66.8 Å². The van der Waals surface area contributed by atoms with Crippen LogP contribution in [-0.2, 0) is 9.53 Å². The van der Waals surface area contributed by atoms with Crippen LogP contribution < -0.4 is 0 Å². The van der Waals surface area contributed by atoms with Crippen molar-refractivity contribution in [2.24, 2.45) is 0 Å². The third-order valence-electron chi connectivity index (χ3n) is 2.11. The summed E-state index contributed by atoms with van der Waals surface area (Å²) >= 11 is 0. The van der Waals surface area contributed by atoms with E-state index in [-0.39, 0.29) is 6.10 Å². The van der Waals surface area contributed by atoms with Crippen molar-refractivity contribution in [2.75, 3.05) is 6.54 Å². The lowest BCUT2D eigenvalue weighted by Gasteiger charge is -2.21. The van der Waals surface area contributed by atoms with Crippen LogP contribution in [0.4, 0.5) is 4.79 Å². The van der Waals surface area contributed by atoms with Gasteiger partial charge < -0.3 is 9.84 Å². The van der Waals surface area contributed by atoms with Gasteiger partial charge in [-0.15, -0.1) is 0 Å². The van der Waals surface area contributed by atoms with Crippen molar-refractivity contribution in [1.82, 2.24) is 4.90 Å². The minimum atomic E-state index is -0.955. The molecule has 0 spiro atoms. The largest absolute Gasteiger partial charge is 0.480 e. The molecule has 5 nitrogen and oxygen atoms in total. The van der Waals surface area contributed by atoms with Crippen molar-refractivity contribution >= 4 is 12.1 Å². The van der Waals surface area contributed by atoms with E-state index in [1.54, 1.807) is 13.8 Å². The van der Waals surface area contributed by atoms with Crippen LogP contribution in [-0.4, -0.2) is 40.8 Å². The summed E-state index contributed by atoms with van der Waals surface area (Å²) in [4.78, 5) is 23.4. The Balaban J connectivity index is 2.58. The third-order valence-corrected chi connectivity index (χ3v) is 2.11. The van der Waals surface area contributed by atoms with E-state index in [0.717, 1.165) is 6.42 Å². The van der Waals surface area contributed by atoms with Gasteiger partial charge in [0.05, 0.1) is 6.10 Å². The molecule has 0 saturated carbocycles. The van der Waals surface area contributed by atoms with E-state index in [2.05, 4.69) is 0 Å². The van der Waals surface area contributed by atoms with Crippen molar-refractivity contribution in [2.45, 2.75) is 38.8 Å². The first-order valence-electron chi connectivity index (χ1n) is 4.72. The summed E-state index contributed by atoms with van der Waals surface area (Å²) in [6.45, 7) is 3.95. The number of aliphatic carboxylic acids is 1. The number of hydrogen-bond acceptors (Lipinski definition) is 3. The predicted octanol–water partition coefficient (Wildman–Crippen LogP) is 1.08. The van der Waals surface area contributed by atoms with E-state index in [1.807, 2.05) is 0 Å². The molecule has 5 heteroatoms. The summed E-state index contributed by atoms with van der Waals surface area (Å²) in [5, 5.41) is 8.82. The van der Waals surface area contributed by atoms with Crippen molar-refractivity contribution in [3.63, 3.8) is 0 Å². The van der Waals surface area contributed by atoms with E-state index in [9.17, 15) is 9.59 Å². The van der Waals surface area contributed by atoms with Gasteiger partial charge in [0, 0.05) is 6.54 Å². The van der Waals surface area contributed by atoms with Gasteiger partial charge in [-0.1, -0.05) is 0 Å². The molecule has 1 fully saturated rings. The second-order valence-corrected chi connectivity index (χ2v) is 3.62. The second kappa shape index (κ2) is 4.30. The maximum Gasteiger partial charge on any atom is 0.410 e. The molecule has 0 radical (unpaired) electrons. The summed E-state index contributed by atoms with van der Waals surface area (Å²) in [5.74, 6) is -0.955. The van der Waals surface area contributed by atoms with E-state index < -0.39 is 18.1 Å². The van der Waals surface area contributed by atoms with Crippen molar-refractivity contribution in [1.29, 1.82) is 0 Å². The molecule has 1 N–H and O–H groups in total. The number of nitrogens with zero attached hydrogens (tertiary/aromatic N) is 1. The highest BCUT2D eigenvalue weighted by atomic mass is 16.6. The normalized spacial score (nSPS) is 21.4. The Labute approximate surface area is 82.6 Å². The van der Waals surface area contributed by atoms with Crippen LogP contribution in [0.15, 0.2) is 0 Å². The van der Waals surface area contributed by atoms with Crippen molar-refractivity contribution in [3.8, 4) is 0 Å². The van der Waals surface area contributed by atoms with Crippen LogP contribution in [0.25, 0.3) is 0 Å². The quantitative estimate of drug-likeness (QED) is 0.726. The van der Waals surface area contributed by atoms with Gasteiger partial charge in [-0.3, -0.25) is 4.90 Å². The molecule has 0 aromatic rings. The van der Waals surface area contributed by atoms with Crippen molar-refractivity contribution < 1.29 is 19.4 Å². The number of hydrogen-bond donors (Lipinski definition) is 1. The van der Waals surface area contributed by atoms with Crippen LogP contribution >= 0.6 is 0 Å². The highest BCUT2D eigenvalue weighted by Gasteiger charge is 2.35. The van der Waals surface area contributed by atoms with Gasteiger partial charge in [-0.2, -0.15) is 0 Å². The third kappa shape index (κ3) is 2.37. The maximum absolute atomic E-state index is 11.4. The molecule has 0 aromatic carbocycles. The molecule has 0 aromatic heterocycles. The lowest BCUT2D eigenvalue weighted by atomic mass is 10.2. The average Bonchev–Trinajstić information content (AvgIpc) is 2.49. The highest BCUT2D eigenvalue weighted by molar-refractivity contribution is 5.80. The molecule has 0 bridgehead atoms. The SMILES string of the molecule is CC(C)OC(=O)N1CCC[C@H]1C(=O)O.